The monoisotopic (exact) mass is 363 g/mol. The number of hydrogen-bond donors (Lipinski definition) is 2. The summed E-state index contributed by atoms with van der Waals surface area (Å²) in [5, 5.41) is 11.2. The first-order valence-corrected chi connectivity index (χ1v) is 9.45. The molecule has 0 amide bonds. The highest BCUT2D eigenvalue weighted by atomic mass is 15.3. The predicted molar refractivity (Wildman–Crippen MR) is 109 cm³/mol. The zero-order valence-electron chi connectivity index (χ0n) is 16.2. The Kier molecular flexibility index (Phi) is 4.61. The van der Waals surface area contributed by atoms with E-state index in [0.29, 0.717) is 5.95 Å². The Hall–Kier alpha value is -2.80. The van der Waals surface area contributed by atoms with E-state index in [0.717, 1.165) is 46.8 Å². The third-order valence-electron chi connectivity index (χ3n) is 4.71. The van der Waals surface area contributed by atoms with Crippen LogP contribution in [0, 0.1) is 0 Å². The molecule has 0 aliphatic carbocycles. The van der Waals surface area contributed by atoms with Gasteiger partial charge < -0.3 is 10.6 Å². The van der Waals surface area contributed by atoms with E-state index in [1.807, 2.05) is 29.0 Å². The molecular formula is C20H25N7. The zero-order valence-corrected chi connectivity index (χ0v) is 16.2. The quantitative estimate of drug-likeness (QED) is 0.727. The Balaban J connectivity index is 1.70. The van der Waals surface area contributed by atoms with Crippen LogP contribution in [0.4, 0.5) is 11.6 Å². The molecule has 4 heterocycles. The second-order valence-electron chi connectivity index (χ2n) is 7.17. The molecule has 3 aromatic rings. The summed E-state index contributed by atoms with van der Waals surface area (Å²) in [6.07, 6.45) is 4.65. The lowest BCUT2D eigenvalue weighted by molar-refractivity contribution is 0.624. The maximum Gasteiger partial charge on any atom is 0.241 e. The maximum absolute atomic E-state index is 4.91. The Morgan fingerprint density at radius 2 is 2.11 bits per heavy atom. The van der Waals surface area contributed by atoms with Gasteiger partial charge in [-0.3, -0.25) is 9.98 Å². The van der Waals surface area contributed by atoms with Gasteiger partial charge in [0, 0.05) is 29.9 Å². The van der Waals surface area contributed by atoms with E-state index < -0.39 is 0 Å². The largest absolute Gasteiger partial charge is 0.351 e. The molecule has 140 valence electrons. The second kappa shape index (κ2) is 7.08. The van der Waals surface area contributed by atoms with Crippen LogP contribution < -0.4 is 10.6 Å². The van der Waals surface area contributed by atoms with Gasteiger partial charge in [-0.2, -0.15) is 0 Å². The van der Waals surface area contributed by atoms with Gasteiger partial charge in [0.2, 0.25) is 5.95 Å². The summed E-state index contributed by atoms with van der Waals surface area (Å²) in [6, 6.07) is 6.66. The topological polar surface area (TPSA) is 79.5 Å². The number of anilines is 1. The summed E-state index contributed by atoms with van der Waals surface area (Å²) in [5.41, 5.74) is 6.01. The number of hydrogen-bond acceptors (Lipinski definition) is 6. The van der Waals surface area contributed by atoms with Crippen molar-refractivity contribution in [2.75, 3.05) is 11.9 Å². The summed E-state index contributed by atoms with van der Waals surface area (Å²) in [4.78, 5) is 14.1. The number of rotatable bonds is 5. The van der Waals surface area contributed by atoms with Crippen molar-refractivity contribution < 1.29 is 0 Å². The van der Waals surface area contributed by atoms with Gasteiger partial charge in [-0.1, -0.05) is 6.92 Å². The molecule has 0 aromatic carbocycles. The molecule has 0 bridgehead atoms. The summed E-state index contributed by atoms with van der Waals surface area (Å²) in [5.74, 6) is 0.622. The van der Waals surface area contributed by atoms with E-state index in [2.05, 4.69) is 54.5 Å². The van der Waals surface area contributed by atoms with Gasteiger partial charge in [-0.25, -0.2) is 9.50 Å². The lowest BCUT2D eigenvalue weighted by atomic mass is 10.0. The van der Waals surface area contributed by atoms with E-state index in [9.17, 15) is 0 Å². The summed E-state index contributed by atoms with van der Waals surface area (Å²) in [6.45, 7) is 9.24. The zero-order chi connectivity index (χ0) is 19.0. The fourth-order valence-electron chi connectivity index (χ4n) is 3.41. The van der Waals surface area contributed by atoms with Gasteiger partial charge in [0.25, 0.3) is 0 Å². The predicted octanol–water partition coefficient (Wildman–Crippen LogP) is 3.24. The molecule has 1 unspecified atom stereocenters. The molecule has 0 saturated heterocycles. The first-order chi connectivity index (χ1) is 13.0. The highest BCUT2D eigenvalue weighted by Crippen LogP contribution is 2.30. The molecular weight excluding hydrogens is 338 g/mol. The van der Waals surface area contributed by atoms with Crippen molar-refractivity contribution in [3.8, 4) is 11.3 Å². The molecule has 4 rings (SSSR count). The molecule has 1 aliphatic heterocycles. The molecule has 7 nitrogen and oxygen atoms in total. The number of fused-ring (bicyclic) bond motifs is 2. The van der Waals surface area contributed by atoms with E-state index >= 15 is 0 Å². The molecule has 0 saturated carbocycles. The Bertz CT molecular complexity index is 1000. The average Bonchev–Trinajstić information content (AvgIpc) is 3.05. The van der Waals surface area contributed by atoms with E-state index in [1.54, 1.807) is 0 Å². The van der Waals surface area contributed by atoms with E-state index in [1.165, 1.54) is 0 Å². The average molecular weight is 363 g/mol. The molecule has 0 spiro atoms. The fraction of sp³-hybridized carbons (Fsp3) is 0.400. The summed E-state index contributed by atoms with van der Waals surface area (Å²) < 4.78 is 1.85. The normalized spacial score (nSPS) is 16.5. The molecule has 0 radical (unpaired) electrons. The highest BCUT2D eigenvalue weighted by molar-refractivity contribution is 5.92. The molecule has 1 atom stereocenters. The lowest BCUT2D eigenvalue weighted by Crippen LogP contribution is -2.38. The lowest BCUT2D eigenvalue weighted by Gasteiger charge is -2.23. The number of aliphatic imine (C=N–C) groups is 1. The van der Waals surface area contributed by atoms with Crippen LogP contribution in [0.5, 0.6) is 0 Å². The first kappa shape index (κ1) is 17.6. The standard InChI is InChI=1S/C20H25N7/c1-5-21-17-10-18-16(24-13(17)4)7-6-15(25-18)14-8-9-27-19(14)11-22-20(26-27)23-12(2)3/h6-9,11-12,17,21H,5,10H2,1-4H3,(H,23,26). The number of aromatic nitrogens is 4. The summed E-state index contributed by atoms with van der Waals surface area (Å²) >= 11 is 0. The molecule has 1 aliphatic rings. The fourth-order valence-corrected chi connectivity index (χ4v) is 3.41. The SMILES string of the molecule is CCNC1Cc2nc(-c3ccn4nc(NC(C)C)ncc34)ccc2N=C1C. The Morgan fingerprint density at radius 1 is 1.26 bits per heavy atom. The summed E-state index contributed by atoms with van der Waals surface area (Å²) in [7, 11) is 0. The van der Waals surface area contributed by atoms with Crippen LogP contribution in [-0.4, -0.2) is 43.9 Å². The van der Waals surface area contributed by atoms with Gasteiger partial charge in [0.1, 0.15) is 0 Å². The molecule has 27 heavy (non-hydrogen) atoms. The minimum absolute atomic E-state index is 0.254. The van der Waals surface area contributed by atoms with E-state index in [4.69, 9.17) is 9.98 Å². The van der Waals surface area contributed by atoms with Crippen LogP contribution in [-0.2, 0) is 6.42 Å². The number of likely N-dealkylation sites (N-methyl/N-ethyl adjacent to an activating group) is 1. The van der Waals surface area contributed by atoms with Crippen molar-refractivity contribution in [3.63, 3.8) is 0 Å². The van der Waals surface area contributed by atoms with Gasteiger partial charge in [-0.05, 0) is 45.5 Å². The van der Waals surface area contributed by atoms with Crippen LogP contribution in [0.2, 0.25) is 0 Å². The first-order valence-electron chi connectivity index (χ1n) is 9.45. The Labute approximate surface area is 159 Å². The third-order valence-corrected chi connectivity index (χ3v) is 4.71. The van der Waals surface area contributed by atoms with E-state index in [-0.39, 0.29) is 12.1 Å². The van der Waals surface area contributed by atoms with Gasteiger partial charge in [-0.15, -0.1) is 5.10 Å². The van der Waals surface area contributed by atoms with Crippen LogP contribution >= 0.6 is 0 Å². The maximum atomic E-state index is 4.91. The minimum Gasteiger partial charge on any atom is -0.351 e. The van der Waals surface area contributed by atoms with Crippen molar-refractivity contribution >= 4 is 22.9 Å². The van der Waals surface area contributed by atoms with Gasteiger partial charge in [0.05, 0.1) is 34.8 Å². The van der Waals surface area contributed by atoms with Crippen molar-refractivity contribution in [1.82, 2.24) is 24.9 Å². The minimum atomic E-state index is 0.254. The van der Waals surface area contributed by atoms with Crippen molar-refractivity contribution in [3.05, 3.63) is 36.3 Å². The molecule has 3 aromatic heterocycles. The molecule has 7 heteroatoms. The smallest absolute Gasteiger partial charge is 0.241 e. The second-order valence-corrected chi connectivity index (χ2v) is 7.17. The number of pyridine rings is 1. The highest BCUT2D eigenvalue weighted by Gasteiger charge is 2.21. The van der Waals surface area contributed by atoms with Crippen molar-refractivity contribution in [1.29, 1.82) is 0 Å². The van der Waals surface area contributed by atoms with Crippen molar-refractivity contribution in [2.45, 2.75) is 46.2 Å². The molecule has 2 N–H and O–H groups in total. The Morgan fingerprint density at radius 3 is 2.89 bits per heavy atom. The number of nitrogens with one attached hydrogen (secondary N) is 2. The molecule has 0 fully saturated rings. The van der Waals surface area contributed by atoms with Crippen LogP contribution in [0.3, 0.4) is 0 Å². The van der Waals surface area contributed by atoms with Crippen LogP contribution in [0.25, 0.3) is 16.8 Å². The van der Waals surface area contributed by atoms with Gasteiger partial charge in [0.15, 0.2) is 0 Å². The van der Waals surface area contributed by atoms with Crippen LogP contribution in [0.15, 0.2) is 35.6 Å². The number of nitrogens with zero attached hydrogens (tertiary/aromatic N) is 5. The van der Waals surface area contributed by atoms with Gasteiger partial charge >= 0.3 is 0 Å². The van der Waals surface area contributed by atoms with Crippen LogP contribution in [0.1, 0.15) is 33.4 Å². The van der Waals surface area contributed by atoms with Crippen molar-refractivity contribution in [2.24, 2.45) is 4.99 Å². The third kappa shape index (κ3) is 3.42.